The summed E-state index contributed by atoms with van der Waals surface area (Å²) < 4.78 is 3.52. The van der Waals surface area contributed by atoms with Gasteiger partial charge >= 0.3 is 0 Å². The standard InChI is InChI=1S/C10H13N2S/c1-4-9-10-8(5-6-12(9)3)11-7(2)13-10/h5-6H,4H2,1-3H3/q+1. The molecule has 0 aliphatic rings. The van der Waals surface area contributed by atoms with Crippen LogP contribution in [0.25, 0.3) is 10.2 Å². The Balaban J connectivity index is 2.82. The van der Waals surface area contributed by atoms with Crippen LogP contribution in [0.3, 0.4) is 0 Å². The molecule has 2 aromatic rings. The highest BCUT2D eigenvalue weighted by molar-refractivity contribution is 7.18. The summed E-state index contributed by atoms with van der Waals surface area (Å²) in [5.41, 5.74) is 2.51. The maximum atomic E-state index is 4.47. The number of fused-ring (bicyclic) bond motifs is 1. The first-order valence-corrected chi connectivity index (χ1v) is 5.28. The van der Waals surface area contributed by atoms with Gasteiger partial charge in [0, 0.05) is 12.5 Å². The van der Waals surface area contributed by atoms with Crippen molar-refractivity contribution in [2.24, 2.45) is 7.05 Å². The van der Waals surface area contributed by atoms with E-state index in [1.807, 2.05) is 0 Å². The van der Waals surface area contributed by atoms with Crippen LogP contribution < -0.4 is 4.57 Å². The van der Waals surface area contributed by atoms with Crippen LogP contribution in [0.4, 0.5) is 0 Å². The van der Waals surface area contributed by atoms with Gasteiger partial charge in [0.25, 0.3) is 0 Å². The summed E-state index contributed by atoms with van der Waals surface area (Å²) in [6, 6.07) is 2.08. The lowest BCUT2D eigenvalue weighted by Crippen LogP contribution is -2.32. The maximum absolute atomic E-state index is 4.47. The molecule has 0 saturated heterocycles. The van der Waals surface area contributed by atoms with E-state index >= 15 is 0 Å². The Morgan fingerprint density at radius 1 is 1.54 bits per heavy atom. The number of aryl methyl sites for hydroxylation is 3. The van der Waals surface area contributed by atoms with Crippen molar-refractivity contribution in [3.63, 3.8) is 0 Å². The van der Waals surface area contributed by atoms with Gasteiger partial charge in [-0.15, -0.1) is 11.3 Å². The van der Waals surface area contributed by atoms with Gasteiger partial charge in [0.05, 0.1) is 10.5 Å². The molecule has 0 atom stereocenters. The molecule has 0 aromatic carbocycles. The quantitative estimate of drug-likeness (QED) is 0.633. The van der Waals surface area contributed by atoms with Crippen molar-refractivity contribution in [1.29, 1.82) is 0 Å². The van der Waals surface area contributed by atoms with Gasteiger partial charge in [-0.25, -0.2) is 9.55 Å². The molecule has 2 nitrogen and oxygen atoms in total. The fourth-order valence-electron chi connectivity index (χ4n) is 1.61. The van der Waals surface area contributed by atoms with Crippen molar-refractivity contribution in [3.8, 4) is 0 Å². The van der Waals surface area contributed by atoms with Crippen molar-refractivity contribution < 1.29 is 4.57 Å². The van der Waals surface area contributed by atoms with E-state index in [9.17, 15) is 0 Å². The smallest absolute Gasteiger partial charge is 0.200 e. The molecule has 2 aromatic heterocycles. The average molecular weight is 193 g/mol. The van der Waals surface area contributed by atoms with E-state index < -0.39 is 0 Å². The molecule has 3 heteroatoms. The van der Waals surface area contributed by atoms with Gasteiger partial charge in [0.15, 0.2) is 11.9 Å². The molecule has 0 bridgehead atoms. The molecule has 0 amide bonds. The lowest BCUT2D eigenvalue weighted by molar-refractivity contribution is -0.677. The monoisotopic (exact) mass is 193 g/mol. The highest BCUT2D eigenvalue weighted by Gasteiger charge is 2.12. The van der Waals surface area contributed by atoms with Crippen molar-refractivity contribution in [2.45, 2.75) is 20.3 Å². The summed E-state index contributed by atoms with van der Waals surface area (Å²) in [5.74, 6) is 0. The third-order valence-corrected chi connectivity index (χ3v) is 3.27. The van der Waals surface area contributed by atoms with Crippen LogP contribution >= 0.6 is 11.3 Å². The largest absolute Gasteiger partial charge is 0.241 e. The topological polar surface area (TPSA) is 16.8 Å². The normalized spacial score (nSPS) is 11.0. The van der Waals surface area contributed by atoms with Crippen molar-refractivity contribution in [2.75, 3.05) is 0 Å². The second-order valence-electron chi connectivity index (χ2n) is 3.17. The summed E-state index contributed by atoms with van der Waals surface area (Å²) in [4.78, 5) is 4.47. The average Bonchev–Trinajstić information content (AvgIpc) is 2.45. The number of rotatable bonds is 1. The van der Waals surface area contributed by atoms with Crippen LogP contribution in [0.5, 0.6) is 0 Å². The van der Waals surface area contributed by atoms with E-state index in [4.69, 9.17) is 0 Å². The number of nitrogens with zero attached hydrogens (tertiary/aromatic N) is 2. The molecule has 0 aliphatic heterocycles. The van der Waals surface area contributed by atoms with Gasteiger partial charge in [-0.1, -0.05) is 6.92 Å². The molecule has 0 radical (unpaired) electrons. The first-order chi connectivity index (χ1) is 6.22. The van der Waals surface area contributed by atoms with Crippen molar-refractivity contribution in [1.82, 2.24) is 4.98 Å². The molecule has 0 aliphatic carbocycles. The Labute approximate surface area is 81.9 Å². The van der Waals surface area contributed by atoms with Gasteiger partial charge in [0.2, 0.25) is 0 Å². The highest BCUT2D eigenvalue weighted by Crippen LogP contribution is 2.22. The minimum Gasteiger partial charge on any atom is -0.241 e. The number of hydrogen-bond acceptors (Lipinski definition) is 2. The first kappa shape index (κ1) is 8.63. The summed E-state index contributed by atoms with van der Waals surface area (Å²) in [6.45, 7) is 4.24. The predicted octanol–water partition coefficient (Wildman–Crippen LogP) is 1.99. The van der Waals surface area contributed by atoms with Crippen LogP contribution in [-0.2, 0) is 13.5 Å². The minimum atomic E-state index is 1.06. The van der Waals surface area contributed by atoms with E-state index in [0.717, 1.165) is 16.9 Å². The molecular weight excluding hydrogens is 180 g/mol. The molecule has 0 spiro atoms. The number of aromatic nitrogens is 2. The number of pyridine rings is 1. The van der Waals surface area contributed by atoms with E-state index in [1.54, 1.807) is 11.3 Å². The highest BCUT2D eigenvalue weighted by atomic mass is 32.1. The van der Waals surface area contributed by atoms with Gasteiger partial charge in [0.1, 0.15) is 11.7 Å². The third kappa shape index (κ3) is 1.33. The zero-order chi connectivity index (χ0) is 9.42. The van der Waals surface area contributed by atoms with Gasteiger partial charge < -0.3 is 0 Å². The Bertz CT molecular complexity index is 445. The summed E-state index contributed by atoms with van der Waals surface area (Å²) >= 11 is 1.79. The summed E-state index contributed by atoms with van der Waals surface area (Å²) in [5, 5.41) is 1.15. The van der Waals surface area contributed by atoms with Crippen molar-refractivity contribution >= 4 is 21.6 Å². The first-order valence-electron chi connectivity index (χ1n) is 4.47. The van der Waals surface area contributed by atoms with Gasteiger partial charge in [-0.2, -0.15) is 0 Å². The fraction of sp³-hybridized carbons (Fsp3) is 0.400. The molecule has 0 N–H and O–H groups in total. The maximum Gasteiger partial charge on any atom is 0.200 e. The Morgan fingerprint density at radius 2 is 2.31 bits per heavy atom. The second-order valence-corrected chi connectivity index (χ2v) is 4.38. The molecule has 0 saturated carbocycles. The lowest BCUT2D eigenvalue weighted by Gasteiger charge is -1.95. The molecule has 68 valence electrons. The molecule has 13 heavy (non-hydrogen) atoms. The van der Waals surface area contributed by atoms with Crippen LogP contribution in [0.1, 0.15) is 17.6 Å². The van der Waals surface area contributed by atoms with E-state index in [-0.39, 0.29) is 0 Å². The molecular formula is C10H13N2S+. The molecule has 0 fully saturated rings. The summed E-state index contributed by atoms with van der Waals surface area (Å²) in [6.07, 6.45) is 3.15. The second kappa shape index (κ2) is 3.07. The van der Waals surface area contributed by atoms with Crippen LogP contribution in [0.15, 0.2) is 12.3 Å². The van der Waals surface area contributed by atoms with Crippen molar-refractivity contribution in [3.05, 3.63) is 23.0 Å². The Hall–Kier alpha value is -0.960. The van der Waals surface area contributed by atoms with Gasteiger partial charge in [-0.3, -0.25) is 0 Å². The number of thiazole rings is 1. The van der Waals surface area contributed by atoms with E-state index in [1.165, 1.54) is 10.4 Å². The van der Waals surface area contributed by atoms with E-state index in [2.05, 4.69) is 42.7 Å². The minimum absolute atomic E-state index is 1.06. The summed E-state index contributed by atoms with van der Waals surface area (Å²) in [7, 11) is 2.09. The molecule has 2 heterocycles. The van der Waals surface area contributed by atoms with Crippen LogP contribution in [0.2, 0.25) is 0 Å². The SMILES string of the molecule is CCc1c2sc(C)nc2cc[n+]1C. The van der Waals surface area contributed by atoms with Gasteiger partial charge in [-0.05, 0) is 6.92 Å². The van der Waals surface area contributed by atoms with Crippen LogP contribution in [0, 0.1) is 6.92 Å². The molecule has 2 rings (SSSR count). The number of hydrogen-bond donors (Lipinski definition) is 0. The van der Waals surface area contributed by atoms with Crippen LogP contribution in [-0.4, -0.2) is 4.98 Å². The zero-order valence-corrected chi connectivity index (χ0v) is 8.98. The van der Waals surface area contributed by atoms with E-state index in [0.29, 0.717) is 0 Å². The zero-order valence-electron chi connectivity index (χ0n) is 8.16. The third-order valence-electron chi connectivity index (χ3n) is 2.24. The lowest BCUT2D eigenvalue weighted by atomic mass is 10.2. The fourth-order valence-corrected chi connectivity index (χ4v) is 2.67. The predicted molar refractivity (Wildman–Crippen MR) is 54.9 cm³/mol. The Kier molecular flexibility index (Phi) is 2.04. The Morgan fingerprint density at radius 3 is 3.00 bits per heavy atom. The molecule has 0 unspecified atom stereocenters.